The van der Waals surface area contributed by atoms with Gasteiger partial charge in [0.1, 0.15) is 5.56 Å². The van der Waals surface area contributed by atoms with E-state index in [-0.39, 0.29) is 23.1 Å². The van der Waals surface area contributed by atoms with E-state index in [0.717, 1.165) is 5.56 Å². The third-order valence-corrected chi connectivity index (χ3v) is 4.33. The lowest BCUT2D eigenvalue weighted by atomic mass is 10.0. The van der Waals surface area contributed by atoms with Gasteiger partial charge < -0.3 is 14.8 Å². The summed E-state index contributed by atoms with van der Waals surface area (Å²) in [6, 6.07) is 10.7. The largest absolute Gasteiger partial charge is 0.329 e. The lowest BCUT2D eigenvalue weighted by Gasteiger charge is -2.36. The van der Waals surface area contributed by atoms with E-state index in [9.17, 15) is 9.59 Å². The molecule has 0 aliphatic carbocycles. The van der Waals surface area contributed by atoms with Crippen LogP contribution in [0.1, 0.15) is 22.0 Å². The molecule has 23 heavy (non-hydrogen) atoms. The van der Waals surface area contributed by atoms with E-state index in [1.54, 1.807) is 36.3 Å². The van der Waals surface area contributed by atoms with Crippen LogP contribution in [0.15, 0.2) is 47.4 Å². The monoisotopic (exact) mass is 331 g/mol. The highest BCUT2D eigenvalue weighted by atomic mass is 35.5. The molecule has 1 N–H and O–H groups in total. The summed E-state index contributed by atoms with van der Waals surface area (Å²) in [4.78, 5) is 26.9. The van der Waals surface area contributed by atoms with E-state index < -0.39 is 0 Å². The fraction of sp³-hybridized carbons (Fsp3) is 0.294. The molecule has 3 rings (SSSR count). The highest BCUT2D eigenvalue weighted by Gasteiger charge is 2.30. The van der Waals surface area contributed by atoms with Crippen molar-refractivity contribution in [1.82, 2.24) is 14.8 Å². The van der Waals surface area contributed by atoms with Crippen molar-refractivity contribution in [2.45, 2.75) is 6.04 Å². The van der Waals surface area contributed by atoms with Gasteiger partial charge in [0.2, 0.25) is 0 Å². The molecular weight excluding hydrogens is 314 g/mol. The molecule has 1 aromatic carbocycles. The quantitative estimate of drug-likeness (QED) is 0.913. The van der Waals surface area contributed by atoms with Gasteiger partial charge in [0.25, 0.3) is 11.5 Å². The molecule has 1 saturated heterocycles. The summed E-state index contributed by atoms with van der Waals surface area (Å²) in [6.07, 6.45) is 1.64. The Kier molecular flexibility index (Phi) is 4.50. The Bertz CT molecular complexity index is 787. The maximum atomic E-state index is 12.9. The molecule has 5 nitrogen and oxygen atoms in total. The van der Waals surface area contributed by atoms with Gasteiger partial charge in [-0.15, -0.1) is 0 Å². The number of hydrogen-bond donors (Lipinski definition) is 1. The molecule has 1 atom stereocenters. The SMILES string of the molecule is Cn1cccc(C(=O)N2CCNCC2c2cccc(Cl)c2)c1=O. The van der Waals surface area contributed by atoms with Gasteiger partial charge in [0, 0.05) is 37.9 Å². The second kappa shape index (κ2) is 6.56. The number of nitrogens with zero attached hydrogens (tertiary/aromatic N) is 2. The van der Waals surface area contributed by atoms with Gasteiger partial charge in [-0.25, -0.2) is 0 Å². The summed E-state index contributed by atoms with van der Waals surface area (Å²) in [5.74, 6) is -0.238. The molecule has 1 aliphatic rings. The van der Waals surface area contributed by atoms with Gasteiger partial charge in [0.05, 0.1) is 6.04 Å². The van der Waals surface area contributed by atoms with Crippen molar-refractivity contribution < 1.29 is 4.79 Å². The first-order valence-electron chi connectivity index (χ1n) is 7.51. The molecule has 1 aliphatic heterocycles. The Hall–Kier alpha value is -2.11. The summed E-state index contributed by atoms with van der Waals surface area (Å²) in [5, 5.41) is 3.93. The van der Waals surface area contributed by atoms with E-state index >= 15 is 0 Å². The van der Waals surface area contributed by atoms with Crippen LogP contribution in [0.2, 0.25) is 5.02 Å². The summed E-state index contributed by atoms with van der Waals surface area (Å²) in [5.41, 5.74) is 0.885. The lowest BCUT2D eigenvalue weighted by molar-refractivity contribution is 0.0632. The van der Waals surface area contributed by atoms with Crippen LogP contribution in [-0.4, -0.2) is 35.0 Å². The first-order valence-corrected chi connectivity index (χ1v) is 7.88. The minimum Gasteiger partial charge on any atom is -0.329 e. The van der Waals surface area contributed by atoms with Crippen molar-refractivity contribution in [3.05, 3.63) is 69.1 Å². The summed E-state index contributed by atoms with van der Waals surface area (Å²) >= 11 is 6.08. The van der Waals surface area contributed by atoms with E-state index in [4.69, 9.17) is 11.6 Å². The predicted molar refractivity (Wildman–Crippen MR) is 89.8 cm³/mol. The van der Waals surface area contributed by atoms with Gasteiger partial charge in [0.15, 0.2) is 0 Å². The van der Waals surface area contributed by atoms with Crippen molar-refractivity contribution in [3.8, 4) is 0 Å². The number of carbonyl (C=O) groups is 1. The molecule has 6 heteroatoms. The number of carbonyl (C=O) groups excluding carboxylic acids is 1. The molecular formula is C17H18ClN3O2. The average molecular weight is 332 g/mol. The molecule has 0 bridgehead atoms. The molecule has 2 aromatic rings. The van der Waals surface area contributed by atoms with E-state index in [2.05, 4.69) is 5.32 Å². The van der Waals surface area contributed by atoms with Gasteiger partial charge in [-0.05, 0) is 29.8 Å². The normalized spacial score (nSPS) is 18.0. The number of hydrogen-bond acceptors (Lipinski definition) is 3. The van der Waals surface area contributed by atoms with Crippen LogP contribution in [0.25, 0.3) is 0 Å². The van der Waals surface area contributed by atoms with Crippen LogP contribution in [-0.2, 0) is 7.05 Å². The molecule has 1 unspecified atom stereocenters. The third-order valence-electron chi connectivity index (χ3n) is 4.09. The minimum absolute atomic E-state index is 0.139. The van der Waals surface area contributed by atoms with Crippen LogP contribution in [0.5, 0.6) is 0 Å². The zero-order valence-corrected chi connectivity index (χ0v) is 13.6. The molecule has 1 amide bonds. The first-order chi connectivity index (χ1) is 11.1. The van der Waals surface area contributed by atoms with E-state index in [1.807, 2.05) is 18.2 Å². The zero-order valence-electron chi connectivity index (χ0n) is 12.8. The number of aromatic nitrogens is 1. The number of nitrogens with one attached hydrogen (secondary N) is 1. The fourth-order valence-corrected chi connectivity index (χ4v) is 3.07. The number of rotatable bonds is 2. The number of aryl methyl sites for hydroxylation is 1. The number of amides is 1. The van der Waals surface area contributed by atoms with Crippen molar-refractivity contribution in [3.63, 3.8) is 0 Å². The van der Waals surface area contributed by atoms with Gasteiger partial charge in [-0.3, -0.25) is 9.59 Å². The number of pyridine rings is 1. The van der Waals surface area contributed by atoms with Gasteiger partial charge in [-0.1, -0.05) is 23.7 Å². The molecule has 120 valence electrons. The third kappa shape index (κ3) is 3.16. The van der Waals surface area contributed by atoms with Crippen molar-refractivity contribution >= 4 is 17.5 Å². The van der Waals surface area contributed by atoms with Crippen LogP contribution < -0.4 is 10.9 Å². The van der Waals surface area contributed by atoms with Crippen molar-refractivity contribution in [2.24, 2.45) is 7.05 Å². The van der Waals surface area contributed by atoms with Crippen LogP contribution in [0.4, 0.5) is 0 Å². The first kappa shape index (κ1) is 15.8. The van der Waals surface area contributed by atoms with E-state index in [1.165, 1.54) is 4.57 Å². The smallest absolute Gasteiger partial charge is 0.263 e. The molecule has 0 spiro atoms. The molecule has 1 aromatic heterocycles. The van der Waals surface area contributed by atoms with Gasteiger partial charge >= 0.3 is 0 Å². The number of halogens is 1. The van der Waals surface area contributed by atoms with Crippen molar-refractivity contribution in [1.29, 1.82) is 0 Å². The van der Waals surface area contributed by atoms with Crippen molar-refractivity contribution in [2.75, 3.05) is 19.6 Å². The summed E-state index contributed by atoms with van der Waals surface area (Å²) < 4.78 is 1.42. The number of benzene rings is 1. The van der Waals surface area contributed by atoms with Crippen LogP contribution >= 0.6 is 11.6 Å². The molecule has 1 fully saturated rings. The Balaban J connectivity index is 1.97. The van der Waals surface area contributed by atoms with Crippen LogP contribution in [0, 0.1) is 0 Å². The number of piperazine rings is 1. The minimum atomic E-state index is -0.277. The highest BCUT2D eigenvalue weighted by Crippen LogP contribution is 2.25. The zero-order chi connectivity index (χ0) is 16.4. The lowest BCUT2D eigenvalue weighted by Crippen LogP contribution is -2.49. The Morgan fingerprint density at radius 2 is 2.13 bits per heavy atom. The summed E-state index contributed by atoms with van der Waals surface area (Å²) in [7, 11) is 1.64. The second-order valence-electron chi connectivity index (χ2n) is 5.61. The molecule has 0 radical (unpaired) electrons. The topological polar surface area (TPSA) is 54.3 Å². The average Bonchev–Trinajstić information content (AvgIpc) is 2.57. The summed E-state index contributed by atoms with van der Waals surface area (Å²) in [6.45, 7) is 1.89. The highest BCUT2D eigenvalue weighted by molar-refractivity contribution is 6.30. The maximum absolute atomic E-state index is 12.9. The van der Waals surface area contributed by atoms with Gasteiger partial charge in [-0.2, -0.15) is 0 Å². The standard InChI is InChI=1S/C17H18ClN3O2/c1-20-8-3-6-14(16(20)22)17(23)21-9-7-19-11-15(21)12-4-2-5-13(18)10-12/h2-6,8,10,15,19H,7,9,11H2,1H3. The molecule has 2 heterocycles. The predicted octanol–water partition coefficient (Wildman–Crippen LogP) is 1.83. The second-order valence-corrected chi connectivity index (χ2v) is 6.05. The maximum Gasteiger partial charge on any atom is 0.263 e. The Morgan fingerprint density at radius 3 is 2.91 bits per heavy atom. The fourth-order valence-electron chi connectivity index (χ4n) is 2.87. The Labute approximate surface area is 139 Å². The van der Waals surface area contributed by atoms with Crippen LogP contribution in [0.3, 0.4) is 0 Å². The Morgan fingerprint density at radius 1 is 1.30 bits per heavy atom. The van der Waals surface area contributed by atoms with E-state index in [0.29, 0.717) is 24.7 Å². The molecule has 0 saturated carbocycles.